The minimum atomic E-state index is -0.203. The molecule has 0 saturated heterocycles. The zero-order valence-corrected chi connectivity index (χ0v) is 13.8. The van der Waals surface area contributed by atoms with Crippen molar-refractivity contribution in [2.45, 2.75) is 13.3 Å². The summed E-state index contributed by atoms with van der Waals surface area (Å²) in [6.45, 7) is 2.66. The molecule has 0 bridgehead atoms. The first-order valence-corrected chi connectivity index (χ1v) is 8.13. The molecule has 0 saturated carbocycles. The van der Waals surface area contributed by atoms with Crippen molar-refractivity contribution in [1.29, 1.82) is 0 Å². The van der Waals surface area contributed by atoms with Crippen LogP contribution in [0.3, 0.4) is 0 Å². The van der Waals surface area contributed by atoms with Crippen LogP contribution in [0.1, 0.15) is 21.5 Å². The Hall–Kier alpha value is -3.21. The summed E-state index contributed by atoms with van der Waals surface area (Å²) >= 11 is 0. The molecule has 0 unspecified atom stereocenters. The molecular formula is C20H17N3O2. The van der Waals surface area contributed by atoms with Crippen LogP contribution in [0.2, 0.25) is 0 Å². The summed E-state index contributed by atoms with van der Waals surface area (Å²) in [5, 5.41) is 2.86. The van der Waals surface area contributed by atoms with Gasteiger partial charge in [0.05, 0.1) is 24.1 Å². The van der Waals surface area contributed by atoms with Crippen molar-refractivity contribution in [2.24, 2.45) is 0 Å². The van der Waals surface area contributed by atoms with Crippen molar-refractivity contribution in [3.8, 4) is 16.9 Å². The number of carbonyl (C=O) groups excluding carboxylic acids is 1. The third-order valence-corrected chi connectivity index (χ3v) is 4.16. The maximum Gasteiger partial charge on any atom is 0.257 e. The van der Waals surface area contributed by atoms with Gasteiger partial charge in [-0.1, -0.05) is 6.07 Å². The second-order valence-corrected chi connectivity index (χ2v) is 6.09. The monoisotopic (exact) mass is 331 g/mol. The van der Waals surface area contributed by atoms with Crippen LogP contribution in [0.4, 0.5) is 5.69 Å². The van der Waals surface area contributed by atoms with Gasteiger partial charge >= 0.3 is 0 Å². The van der Waals surface area contributed by atoms with Gasteiger partial charge in [-0.05, 0) is 47.9 Å². The minimum absolute atomic E-state index is 0.203. The molecule has 0 radical (unpaired) electrons. The van der Waals surface area contributed by atoms with Crippen molar-refractivity contribution in [3.63, 3.8) is 0 Å². The molecule has 124 valence electrons. The normalized spacial score (nSPS) is 12.4. The van der Waals surface area contributed by atoms with Crippen LogP contribution in [0.15, 0.2) is 55.1 Å². The number of rotatable bonds is 3. The summed E-state index contributed by atoms with van der Waals surface area (Å²) in [6, 6.07) is 9.80. The summed E-state index contributed by atoms with van der Waals surface area (Å²) in [5.41, 5.74) is 5.30. The van der Waals surface area contributed by atoms with E-state index in [2.05, 4.69) is 21.4 Å². The number of hydrogen-bond donors (Lipinski definition) is 1. The molecule has 0 aliphatic carbocycles. The molecule has 1 aliphatic heterocycles. The number of aromatic nitrogens is 2. The molecule has 5 heteroatoms. The molecule has 0 fully saturated rings. The van der Waals surface area contributed by atoms with E-state index in [-0.39, 0.29) is 5.91 Å². The molecule has 4 rings (SSSR count). The predicted octanol–water partition coefficient (Wildman–Crippen LogP) is 3.64. The average Bonchev–Trinajstić information content (AvgIpc) is 3.09. The van der Waals surface area contributed by atoms with Gasteiger partial charge in [0.15, 0.2) is 0 Å². The fourth-order valence-electron chi connectivity index (χ4n) is 2.91. The van der Waals surface area contributed by atoms with E-state index in [1.807, 2.05) is 31.2 Å². The second kappa shape index (κ2) is 6.36. The lowest BCUT2D eigenvalue weighted by atomic mass is 10.0. The number of benzene rings is 1. The maximum atomic E-state index is 12.5. The number of nitrogens with zero attached hydrogens (tertiary/aromatic N) is 2. The maximum absolute atomic E-state index is 12.5. The number of ether oxygens (including phenoxy) is 1. The second-order valence-electron chi connectivity index (χ2n) is 6.09. The Morgan fingerprint density at radius 1 is 1.04 bits per heavy atom. The molecule has 25 heavy (non-hydrogen) atoms. The Bertz CT molecular complexity index is 953. The standard InChI is InChI=1S/C20H17N3O2/c1-13-6-18(12-21-9-13)23-20(24)17-8-16(10-22-11-17)14-2-3-19-15(7-14)4-5-25-19/h2-3,6-12H,4-5H2,1H3,(H,23,24). The summed E-state index contributed by atoms with van der Waals surface area (Å²) < 4.78 is 5.54. The van der Waals surface area contributed by atoms with Gasteiger partial charge in [-0.15, -0.1) is 0 Å². The Morgan fingerprint density at radius 3 is 2.80 bits per heavy atom. The third kappa shape index (κ3) is 3.21. The van der Waals surface area contributed by atoms with Gasteiger partial charge in [-0.2, -0.15) is 0 Å². The lowest BCUT2D eigenvalue weighted by Crippen LogP contribution is -2.12. The van der Waals surface area contributed by atoms with Gasteiger partial charge in [0.25, 0.3) is 5.91 Å². The molecule has 0 spiro atoms. The van der Waals surface area contributed by atoms with Crippen LogP contribution in [0.5, 0.6) is 5.75 Å². The van der Waals surface area contributed by atoms with Crippen molar-refractivity contribution < 1.29 is 9.53 Å². The predicted molar refractivity (Wildman–Crippen MR) is 95.8 cm³/mol. The van der Waals surface area contributed by atoms with Gasteiger partial charge in [-0.3, -0.25) is 14.8 Å². The van der Waals surface area contributed by atoms with Crippen LogP contribution in [0, 0.1) is 6.92 Å². The van der Waals surface area contributed by atoms with Gasteiger partial charge < -0.3 is 10.1 Å². The van der Waals surface area contributed by atoms with E-state index in [4.69, 9.17) is 4.74 Å². The largest absolute Gasteiger partial charge is 0.493 e. The van der Waals surface area contributed by atoms with Crippen molar-refractivity contribution in [2.75, 3.05) is 11.9 Å². The molecule has 0 atom stereocenters. The van der Waals surface area contributed by atoms with Crippen molar-refractivity contribution in [3.05, 3.63) is 71.8 Å². The summed E-state index contributed by atoms with van der Waals surface area (Å²) in [5.74, 6) is 0.740. The quantitative estimate of drug-likeness (QED) is 0.796. The number of pyridine rings is 2. The molecule has 1 aromatic carbocycles. The Kier molecular flexibility index (Phi) is 3.90. The van der Waals surface area contributed by atoms with E-state index in [0.717, 1.165) is 35.5 Å². The average molecular weight is 331 g/mol. The van der Waals surface area contributed by atoms with Gasteiger partial charge in [0.1, 0.15) is 5.75 Å². The highest BCUT2D eigenvalue weighted by Crippen LogP contribution is 2.30. The first-order valence-electron chi connectivity index (χ1n) is 8.13. The van der Waals surface area contributed by atoms with E-state index in [1.165, 1.54) is 5.56 Å². The molecular weight excluding hydrogens is 314 g/mol. The van der Waals surface area contributed by atoms with E-state index in [9.17, 15) is 4.79 Å². The molecule has 1 aliphatic rings. The van der Waals surface area contributed by atoms with E-state index in [0.29, 0.717) is 11.3 Å². The number of fused-ring (bicyclic) bond motifs is 1. The van der Waals surface area contributed by atoms with Crippen LogP contribution >= 0.6 is 0 Å². The number of anilines is 1. The number of hydrogen-bond acceptors (Lipinski definition) is 4. The third-order valence-electron chi connectivity index (χ3n) is 4.16. The summed E-state index contributed by atoms with van der Waals surface area (Å²) in [7, 11) is 0. The number of aryl methyl sites for hydroxylation is 1. The van der Waals surface area contributed by atoms with Crippen LogP contribution < -0.4 is 10.1 Å². The molecule has 3 aromatic rings. The smallest absolute Gasteiger partial charge is 0.257 e. The first-order chi connectivity index (χ1) is 12.2. The Morgan fingerprint density at radius 2 is 1.92 bits per heavy atom. The SMILES string of the molecule is Cc1cncc(NC(=O)c2cncc(-c3ccc4c(c3)CCO4)c2)c1. The van der Waals surface area contributed by atoms with Gasteiger partial charge in [0, 0.05) is 30.6 Å². The number of carbonyl (C=O) groups is 1. The van der Waals surface area contributed by atoms with E-state index >= 15 is 0 Å². The highest BCUT2D eigenvalue weighted by Gasteiger charge is 2.14. The first kappa shape index (κ1) is 15.3. The summed E-state index contributed by atoms with van der Waals surface area (Å²) in [4.78, 5) is 20.8. The number of nitrogens with one attached hydrogen (secondary N) is 1. The molecule has 1 amide bonds. The van der Waals surface area contributed by atoms with Gasteiger partial charge in [-0.25, -0.2) is 0 Å². The lowest BCUT2D eigenvalue weighted by molar-refractivity contribution is 0.102. The highest BCUT2D eigenvalue weighted by atomic mass is 16.5. The lowest BCUT2D eigenvalue weighted by Gasteiger charge is -2.08. The highest BCUT2D eigenvalue weighted by molar-refractivity contribution is 6.04. The fourth-order valence-corrected chi connectivity index (χ4v) is 2.91. The summed E-state index contributed by atoms with van der Waals surface area (Å²) in [6.07, 6.45) is 7.62. The molecule has 1 N–H and O–H groups in total. The van der Waals surface area contributed by atoms with E-state index < -0.39 is 0 Å². The molecule has 2 aromatic heterocycles. The van der Waals surface area contributed by atoms with Crippen LogP contribution in [-0.2, 0) is 6.42 Å². The Balaban J connectivity index is 1.60. The minimum Gasteiger partial charge on any atom is -0.493 e. The van der Waals surface area contributed by atoms with Crippen LogP contribution in [-0.4, -0.2) is 22.5 Å². The molecule has 3 heterocycles. The molecule has 5 nitrogen and oxygen atoms in total. The van der Waals surface area contributed by atoms with Gasteiger partial charge in [0.2, 0.25) is 0 Å². The number of amides is 1. The zero-order chi connectivity index (χ0) is 17.2. The van der Waals surface area contributed by atoms with E-state index in [1.54, 1.807) is 24.8 Å². The fraction of sp³-hybridized carbons (Fsp3) is 0.150. The van der Waals surface area contributed by atoms with Crippen molar-refractivity contribution in [1.82, 2.24) is 9.97 Å². The van der Waals surface area contributed by atoms with Crippen molar-refractivity contribution >= 4 is 11.6 Å². The Labute approximate surface area is 145 Å². The topological polar surface area (TPSA) is 64.1 Å². The zero-order valence-electron chi connectivity index (χ0n) is 13.8. The van der Waals surface area contributed by atoms with Crippen LogP contribution in [0.25, 0.3) is 11.1 Å².